The topological polar surface area (TPSA) is 96.0 Å². The lowest BCUT2D eigenvalue weighted by atomic mass is 10.0. The maximum Gasteiger partial charge on any atom is 0.264 e. The highest BCUT2D eigenvalue weighted by Gasteiger charge is 2.35. The third-order valence-corrected chi connectivity index (χ3v) is 9.09. The molecule has 2 amide bonds. The number of methoxy groups -OCH3 is 1. The molecule has 1 N–H and O–H groups in total. The van der Waals surface area contributed by atoms with Crippen molar-refractivity contribution in [2.75, 3.05) is 18.0 Å². The van der Waals surface area contributed by atoms with Gasteiger partial charge in [0.05, 0.1) is 22.7 Å². The van der Waals surface area contributed by atoms with Gasteiger partial charge in [-0.3, -0.25) is 13.9 Å². The maximum atomic E-state index is 14.4. The normalized spacial score (nSPS) is 12.0. The van der Waals surface area contributed by atoms with Crippen LogP contribution in [-0.4, -0.2) is 50.9 Å². The predicted octanol–water partition coefficient (Wildman–Crippen LogP) is 5.85. The van der Waals surface area contributed by atoms with Gasteiger partial charge in [0, 0.05) is 19.0 Å². The Morgan fingerprint density at radius 3 is 2.09 bits per heavy atom. The molecule has 0 radical (unpaired) electrons. The van der Waals surface area contributed by atoms with Crippen molar-refractivity contribution >= 4 is 39.1 Å². The number of ether oxygens (including phenoxy) is 1. The van der Waals surface area contributed by atoms with Gasteiger partial charge in [0.25, 0.3) is 10.0 Å². The molecule has 0 aliphatic heterocycles. The fourth-order valence-electron chi connectivity index (χ4n) is 4.78. The molecule has 4 aromatic carbocycles. The number of nitrogens with zero attached hydrogens (tertiary/aromatic N) is 2. The Hall–Kier alpha value is -4.41. The van der Waals surface area contributed by atoms with Gasteiger partial charge >= 0.3 is 0 Å². The minimum absolute atomic E-state index is 0.0341. The van der Waals surface area contributed by atoms with Crippen LogP contribution >= 0.6 is 11.6 Å². The number of sulfonamides is 1. The Morgan fingerprint density at radius 2 is 1.51 bits per heavy atom. The van der Waals surface area contributed by atoms with E-state index in [0.29, 0.717) is 11.3 Å². The van der Waals surface area contributed by atoms with Gasteiger partial charge in [-0.2, -0.15) is 0 Å². The summed E-state index contributed by atoms with van der Waals surface area (Å²) in [4.78, 5) is 29.4. The van der Waals surface area contributed by atoms with Gasteiger partial charge in [-0.05, 0) is 67.4 Å². The quantitative estimate of drug-likeness (QED) is 0.196. The second kappa shape index (κ2) is 15.0. The number of hydrogen-bond acceptors (Lipinski definition) is 5. The van der Waals surface area contributed by atoms with Crippen LogP contribution in [0.25, 0.3) is 0 Å². The first-order valence-electron chi connectivity index (χ1n) is 14.3. The first-order chi connectivity index (χ1) is 21.5. The van der Waals surface area contributed by atoms with E-state index in [2.05, 4.69) is 5.32 Å². The van der Waals surface area contributed by atoms with E-state index < -0.39 is 40.2 Å². The highest BCUT2D eigenvalue weighted by atomic mass is 35.5. The van der Waals surface area contributed by atoms with Crippen LogP contribution in [0.4, 0.5) is 10.1 Å². The molecule has 0 heterocycles. The summed E-state index contributed by atoms with van der Waals surface area (Å²) in [5.74, 6) is -1.18. The van der Waals surface area contributed by atoms with Crippen molar-refractivity contribution in [3.8, 4) is 5.75 Å². The average Bonchev–Trinajstić information content (AvgIpc) is 3.02. The Morgan fingerprint density at radius 1 is 0.889 bits per heavy atom. The minimum Gasteiger partial charge on any atom is -0.495 e. The van der Waals surface area contributed by atoms with Gasteiger partial charge in [0.1, 0.15) is 24.2 Å². The number of halogens is 2. The number of carbonyl (C=O) groups excluding carboxylic acids is 2. The van der Waals surface area contributed by atoms with E-state index in [-0.39, 0.29) is 34.6 Å². The summed E-state index contributed by atoms with van der Waals surface area (Å²) < 4.78 is 48.1. The van der Waals surface area contributed by atoms with Crippen molar-refractivity contribution in [2.24, 2.45) is 0 Å². The predicted molar refractivity (Wildman–Crippen MR) is 173 cm³/mol. The summed E-state index contributed by atoms with van der Waals surface area (Å²) >= 11 is 6.39. The Kier molecular flexibility index (Phi) is 11.2. The molecule has 0 fully saturated rings. The molecule has 8 nitrogen and oxygen atoms in total. The smallest absolute Gasteiger partial charge is 0.264 e. The number of benzene rings is 4. The van der Waals surface area contributed by atoms with Crippen LogP contribution in [0.1, 0.15) is 25.0 Å². The van der Waals surface area contributed by atoms with Gasteiger partial charge < -0.3 is 15.0 Å². The average molecular weight is 652 g/mol. The monoisotopic (exact) mass is 651 g/mol. The van der Waals surface area contributed by atoms with E-state index in [1.165, 1.54) is 66.6 Å². The zero-order valence-corrected chi connectivity index (χ0v) is 26.8. The van der Waals surface area contributed by atoms with Crippen LogP contribution in [0.3, 0.4) is 0 Å². The molecular formula is C34H35ClFN3O5S. The van der Waals surface area contributed by atoms with E-state index in [1.807, 2.05) is 44.2 Å². The summed E-state index contributed by atoms with van der Waals surface area (Å²) in [7, 11) is -2.85. The van der Waals surface area contributed by atoms with Gasteiger partial charge in [-0.25, -0.2) is 12.8 Å². The molecule has 11 heteroatoms. The van der Waals surface area contributed by atoms with Crippen molar-refractivity contribution < 1.29 is 27.1 Å². The molecule has 0 bridgehead atoms. The molecule has 0 spiro atoms. The highest BCUT2D eigenvalue weighted by Crippen LogP contribution is 2.32. The maximum absolute atomic E-state index is 14.4. The number of carbonyl (C=O) groups is 2. The standard InChI is InChI=1S/C34H35ClFN3O5S/c1-24(2)37-34(41)31(20-25-10-6-4-7-11-25)38(22-26-14-16-27(36)17-15-26)33(40)23-39(28-18-19-32(44-3)30(35)21-28)45(42,43)29-12-8-5-9-13-29/h4-19,21,24,31H,20,22-23H2,1-3H3,(H,37,41). The molecule has 0 aliphatic rings. The third-order valence-electron chi connectivity index (χ3n) is 7.00. The fraction of sp³-hybridized carbons (Fsp3) is 0.235. The number of rotatable bonds is 13. The summed E-state index contributed by atoms with van der Waals surface area (Å²) in [5.41, 5.74) is 1.49. The first-order valence-corrected chi connectivity index (χ1v) is 16.1. The van der Waals surface area contributed by atoms with Crippen LogP contribution in [0.15, 0.2) is 108 Å². The molecule has 0 aromatic heterocycles. The zero-order chi connectivity index (χ0) is 32.6. The van der Waals surface area contributed by atoms with Crippen LogP contribution in [0.5, 0.6) is 5.75 Å². The SMILES string of the molecule is COc1ccc(N(CC(=O)N(Cc2ccc(F)cc2)C(Cc2ccccc2)C(=O)NC(C)C)S(=O)(=O)c2ccccc2)cc1Cl. The van der Waals surface area contributed by atoms with Gasteiger partial charge in [0.2, 0.25) is 11.8 Å². The van der Waals surface area contributed by atoms with Crippen molar-refractivity contribution in [2.45, 2.75) is 43.8 Å². The summed E-state index contributed by atoms with van der Waals surface area (Å²) in [5, 5.41) is 3.05. The second-order valence-corrected chi connectivity index (χ2v) is 12.9. The lowest BCUT2D eigenvalue weighted by Crippen LogP contribution is -2.54. The van der Waals surface area contributed by atoms with Crippen molar-refractivity contribution in [1.82, 2.24) is 10.2 Å². The molecule has 45 heavy (non-hydrogen) atoms. The van der Waals surface area contributed by atoms with Crippen molar-refractivity contribution in [1.29, 1.82) is 0 Å². The van der Waals surface area contributed by atoms with Gasteiger partial charge in [-0.15, -0.1) is 0 Å². The molecule has 1 atom stereocenters. The third kappa shape index (κ3) is 8.61. The number of nitrogens with one attached hydrogen (secondary N) is 1. The molecular weight excluding hydrogens is 617 g/mol. The molecule has 0 aliphatic carbocycles. The number of amides is 2. The molecule has 236 valence electrons. The van der Waals surface area contributed by atoms with E-state index in [4.69, 9.17) is 16.3 Å². The first kappa shape index (κ1) is 33.5. The molecule has 4 rings (SSSR count). The van der Waals surface area contributed by atoms with Crippen LogP contribution in [0.2, 0.25) is 5.02 Å². The molecule has 0 saturated heterocycles. The van der Waals surface area contributed by atoms with Crippen molar-refractivity contribution in [3.63, 3.8) is 0 Å². The second-order valence-electron chi connectivity index (χ2n) is 10.7. The highest BCUT2D eigenvalue weighted by molar-refractivity contribution is 7.92. The zero-order valence-electron chi connectivity index (χ0n) is 25.2. The fourth-order valence-corrected chi connectivity index (χ4v) is 6.46. The van der Waals surface area contributed by atoms with E-state index in [0.717, 1.165) is 9.87 Å². The van der Waals surface area contributed by atoms with Crippen LogP contribution in [-0.2, 0) is 32.6 Å². The number of anilines is 1. The number of hydrogen-bond donors (Lipinski definition) is 1. The molecule has 0 saturated carbocycles. The lowest BCUT2D eigenvalue weighted by Gasteiger charge is -2.34. The molecule has 4 aromatic rings. The van der Waals surface area contributed by atoms with Crippen molar-refractivity contribution in [3.05, 3.63) is 125 Å². The van der Waals surface area contributed by atoms with Crippen LogP contribution in [0, 0.1) is 5.82 Å². The van der Waals surface area contributed by atoms with E-state index in [9.17, 15) is 22.4 Å². The van der Waals surface area contributed by atoms with Gasteiger partial charge in [-0.1, -0.05) is 72.3 Å². The lowest BCUT2D eigenvalue weighted by molar-refractivity contribution is -0.140. The Labute approximate surface area is 268 Å². The largest absolute Gasteiger partial charge is 0.495 e. The van der Waals surface area contributed by atoms with E-state index in [1.54, 1.807) is 18.2 Å². The minimum atomic E-state index is -4.29. The summed E-state index contributed by atoms with van der Waals surface area (Å²) in [6.07, 6.45) is 0.159. The van der Waals surface area contributed by atoms with E-state index >= 15 is 0 Å². The summed E-state index contributed by atoms with van der Waals surface area (Å²) in [6, 6.07) is 25.7. The summed E-state index contributed by atoms with van der Waals surface area (Å²) in [6.45, 7) is 2.89. The Bertz CT molecular complexity index is 1710. The van der Waals surface area contributed by atoms with Crippen LogP contribution < -0.4 is 14.4 Å². The van der Waals surface area contributed by atoms with Gasteiger partial charge in [0.15, 0.2) is 0 Å². The molecule has 1 unspecified atom stereocenters. The Balaban J connectivity index is 1.82.